The fraction of sp³-hybridized carbons (Fsp3) is 0.562. The van der Waals surface area contributed by atoms with Crippen LogP contribution in [0.5, 0.6) is 5.75 Å². The second-order valence-corrected chi connectivity index (χ2v) is 4.99. The van der Waals surface area contributed by atoms with E-state index in [0.717, 1.165) is 31.6 Å². The maximum atomic E-state index is 5.69. The van der Waals surface area contributed by atoms with Gasteiger partial charge in [0, 0.05) is 0 Å². The summed E-state index contributed by atoms with van der Waals surface area (Å²) >= 11 is 0. The number of rotatable bonds is 8. The van der Waals surface area contributed by atoms with Gasteiger partial charge in [0.25, 0.3) is 0 Å². The highest BCUT2D eigenvalue weighted by atomic mass is 16.5. The zero-order valence-corrected chi connectivity index (χ0v) is 11.2. The van der Waals surface area contributed by atoms with Gasteiger partial charge in [0.05, 0.1) is 6.61 Å². The van der Waals surface area contributed by atoms with Crippen molar-refractivity contribution in [3.8, 4) is 5.75 Å². The van der Waals surface area contributed by atoms with Gasteiger partial charge in [0.15, 0.2) is 0 Å². The first-order valence-electron chi connectivity index (χ1n) is 6.73. The van der Waals surface area contributed by atoms with Crippen molar-refractivity contribution < 1.29 is 4.74 Å². The molecule has 1 heteroatoms. The second-order valence-electron chi connectivity index (χ2n) is 4.99. The third kappa shape index (κ3) is 6.35. The Morgan fingerprint density at radius 1 is 1.12 bits per heavy atom. The molecule has 0 atom stereocenters. The van der Waals surface area contributed by atoms with Gasteiger partial charge in [-0.25, -0.2) is 0 Å². The Labute approximate surface area is 106 Å². The van der Waals surface area contributed by atoms with Gasteiger partial charge in [-0.15, -0.1) is 0 Å². The van der Waals surface area contributed by atoms with Crippen molar-refractivity contribution in [1.82, 2.24) is 0 Å². The molecule has 0 amide bonds. The van der Waals surface area contributed by atoms with Crippen molar-refractivity contribution in [3.63, 3.8) is 0 Å². The lowest BCUT2D eigenvalue weighted by atomic mass is 10.1. The SMILES string of the molecule is [CH2]CCCCc1ccc(OCCC(C)C)cc1. The average molecular weight is 233 g/mol. The number of hydrogen-bond acceptors (Lipinski definition) is 1. The fourth-order valence-corrected chi connectivity index (χ4v) is 1.67. The lowest BCUT2D eigenvalue weighted by Gasteiger charge is -2.08. The average Bonchev–Trinajstić information content (AvgIpc) is 2.31. The van der Waals surface area contributed by atoms with E-state index in [1.807, 2.05) is 0 Å². The van der Waals surface area contributed by atoms with Crippen LogP contribution in [-0.2, 0) is 6.42 Å². The lowest BCUT2D eigenvalue weighted by Crippen LogP contribution is -2.01. The van der Waals surface area contributed by atoms with Crippen molar-refractivity contribution in [1.29, 1.82) is 0 Å². The van der Waals surface area contributed by atoms with Crippen LogP contribution in [0.15, 0.2) is 24.3 Å². The summed E-state index contributed by atoms with van der Waals surface area (Å²) in [5.74, 6) is 1.70. The minimum Gasteiger partial charge on any atom is -0.494 e. The molecule has 0 spiro atoms. The maximum absolute atomic E-state index is 5.69. The van der Waals surface area contributed by atoms with Crippen molar-refractivity contribution in [2.45, 2.75) is 46.0 Å². The molecule has 0 bridgehead atoms. The third-order valence-corrected chi connectivity index (χ3v) is 2.85. The van der Waals surface area contributed by atoms with Gasteiger partial charge in [-0.05, 0) is 42.9 Å². The third-order valence-electron chi connectivity index (χ3n) is 2.85. The minimum absolute atomic E-state index is 0.705. The summed E-state index contributed by atoms with van der Waals surface area (Å²) in [6.45, 7) is 9.11. The maximum Gasteiger partial charge on any atom is 0.119 e. The van der Waals surface area contributed by atoms with Crippen molar-refractivity contribution in [2.24, 2.45) is 5.92 Å². The van der Waals surface area contributed by atoms with E-state index >= 15 is 0 Å². The fourth-order valence-electron chi connectivity index (χ4n) is 1.67. The van der Waals surface area contributed by atoms with Crippen molar-refractivity contribution in [2.75, 3.05) is 6.61 Å². The topological polar surface area (TPSA) is 9.23 Å². The van der Waals surface area contributed by atoms with Crippen LogP contribution >= 0.6 is 0 Å². The van der Waals surface area contributed by atoms with Crippen LogP contribution in [0.3, 0.4) is 0 Å². The summed E-state index contributed by atoms with van der Waals surface area (Å²) < 4.78 is 5.69. The van der Waals surface area contributed by atoms with E-state index in [0.29, 0.717) is 5.92 Å². The lowest BCUT2D eigenvalue weighted by molar-refractivity contribution is 0.289. The predicted octanol–water partition coefficient (Wildman–Crippen LogP) is 4.66. The Kier molecular flexibility index (Phi) is 6.76. The first-order valence-corrected chi connectivity index (χ1v) is 6.73. The molecule has 1 radical (unpaired) electrons. The number of unbranched alkanes of at least 4 members (excludes halogenated alkanes) is 2. The summed E-state index contributed by atoms with van der Waals surface area (Å²) in [7, 11) is 0. The summed E-state index contributed by atoms with van der Waals surface area (Å²) in [5, 5.41) is 0. The molecule has 0 fully saturated rings. The van der Waals surface area contributed by atoms with Crippen LogP contribution in [0, 0.1) is 12.8 Å². The monoisotopic (exact) mass is 233 g/mol. The van der Waals surface area contributed by atoms with Gasteiger partial charge in [0.1, 0.15) is 5.75 Å². The van der Waals surface area contributed by atoms with Gasteiger partial charge in [-0.3, -0.25) is 0 Å². The van der Waals surface area contributed by atoms with Crippen LogP contribution in [0.4, 0.5) is 0 Å². The molecule has 0 aliphatic rings. The molecule has 1 nitrogen and oxygen atoms in total. The Morgan fingerprint density at radius 3 is 2.41 bits per heavy atom. The standard InChI is InChI=1S/C16H25O/c1-4-5-6-7-15-8-10-16(11-9-15)17-13-12-14(2)3/h8-11,14H,1,4-7,12-13H2,2-3H3. The number of ether oxygens (including phenoxy) is 1. The Hall–Kier alpha value is -0.980. The summed E-state index contributed by atoms with van der Waals surface area (Å²) in [4.78, 5) is 0. The number of benzene rings is 1. The Balaban J connectivity index is 2.29. The van der Waals surface area contributed by atoms with Crippen molar-refractivity contribution >= 4 is 0 Å². The zero-order chi connectivity index (χ0) is 12.5. The molecule has 0 saturated heterocycles. The minimum atomic E-state index is 0.705. The summed E-state index contributed by atoms with van der Waals surface area (Å²) in [6, 6.07) is 8.52. The van der Waals surface area contributed by atoms with Gasteiger partial charge < -0.3 is 4.74 Å². The quantitative estimate of drug-likeness (QED) is 0.593. The molecular formula is C16H25O. The molecule has 0 unspecified atom stereocenters. The highest BCUT2D eigenvalue weighted by Crippen LogP contribution is 2.15. The molecule has 1 aromatic rings. The van der Waals surface area contributed by atoms with Crippen LogP contribution in [0.1, 0.15) is 45.1 Å². The first-order chi connectivity index (χ1) is 8.22. The van der Waals surface area contributed by atoms with E-state index in [2.05, 4.69) is 45.0 Å². The molecule has 0 aliphatic heterocycles. The molecule has 0 aromatic heterocycles. The van der Waals surface area contributed by atoms with Crippen molar-refractivity contribution in [3.05, 3.63) is 36.8 Å². The van der Waals surface area contributed by atoms with Gasteiger partial charge in [-0.1, -0.05) is 45.7 Å². The van der Waals surface area contributed by atoms with Crippen LogP contribution in [0.25, 0.3) is 0 Å². The molecule has 0 saturated carbocycles. The highest BCUT2D eigenvalue weighted by molar-refractivity contribution is 5.27. The largest absolute Gasteiger partial charge is 0.494 e. The second kappa shape index (κ2) is 8.16. The highest BCUT2D eigenvalue weighted by Gasteiger charge is 1.97. The summed E-state index contributed by atoms with van der Waals surface area (Å²) in [5.41, 5.74) is 1.40. The van der Waals surface area contributed by atoms with Gasteiger partial charge >= 0.3 is 0 Å². The van der Waals surface area contributed by atoms with E-state index < -0.39 is 0 Å². The van der Waals surface area contributed by atoms with Gasteiger partial charge in [0.2, 0.25) is 0 Å². The molecule has 17 heavy (non-hydrogen) atoms. The van der Waals surface area contributed by atoms with E-state index in [9.17, 15) is 0 Å². The van der Waals surface area contributed by atoms with Gasteiger partial charge in [-0.2, -0.15) is 0 Å². The molecule has 1 rings (SSSR count). The first kappa shape index (κ1) is 14.1. The van der Waals surface area contributed by atoms with Crippen LogP contribution < -0.4 is 4.74 Å². The van der Waals surface area contributed by atoms with E-state index in [4.69, 9.17) is 4.74 Å². The van der Waals surface area contributed by atoms with E-state index in [-0.39, 0.29) is 0 Å². The number of hydrogen-bond donors (Lipinski definition) is 0. The zero-order valence-electron chi connectivity index (χ0n) is 11.2. The molecule has 0 N–H and O–H groups in total. The summed E-state index contributed by atoms with van der Waals surface area (Å²) in [6.07, 6.45) is 5.76. The molecule has 1 aromatic carbocycles. The normalized spacial score (nSPS) is 10.8. The van der Waals surface area contributed by atoms with E-state index in [1.165, 1.54) is 18.4 Å². The molecule has 0 heterocycles. The predicted molar refractivity (Wildman–Crippen MR) is 74.3 cm³/mol. The Morgan fingerprint density at radius 2 is 1.82 bits per heavy atom. The number of aryl methyl sites for hydroxylation is 1. The Bertz CT molecular complexity index is 287. The smallest absolute Gasteiger partial charge is 0.119 e. The molecular weight excluding hydrogens is 208 g/mol. The van der Waals surface area contributed by atoms with Crippen LogP contribution in [-0.4, -0.2) is 6.61 Å². The van der Waals surface area contributed by atoms with E-state index in [1.54, 1.807) is 0 Å². The molecule has 95 valence electrons. The molecule has 0 aliphatic carbocycles. The van der Waals surface area contributed by atoms with Crippen LogP contribution in [0.2, 0.25) is 0 Å².